The molecular weight excluding hydrogens is 328 g/mol. The fourth-order valence-corrected chi connectivity index (χ4v) is 3.59. The van der Waals surface area contributed by atoms with Crippen molar-refractivity contribution in [3.63, 3.8) is 0 Å². The maximum Gasteiger partial charge on any atom is 0.273 e. The van der Waals surface area contributed by atoms with E-state index in [1.807, 2.05) is 11.9 Å². The number of nitrogens with zero attached hydrogens (tertiary/aromatic N) is 3. The summed E-state index contributed by atoms with van der Waals surface area (Å²) in [5.41, 5.74) is 1.25. The average Bonchev–Trinajstić information content (AvgIpc) is 3.11. The van der Waals surface area contributed by atoms with E-state index >= 15 is 0 Å². The minimum absolute atomic E-state index is 0.0398. The first-order valence-corrected chi connectivity index (χ1v) is 8.63. The fourth-order valence-electron chi connectivity index (χ4n) is 2.79. The number of likely N-dealkylation sites (tertiary alicyclic amines) is 1. The van der Waals surface area contributed by atoms with Crippen LogP contribution in [-0.4, -0.2) is 46.9 Å². The summed E-state index contributed by atoms with van der Waals surface area (Å²) in [6, 6.07) is 6.53. The van der Waals surface area contributed by atoms with Crippen LogP contribution in [-0.2, 0) is 0 Å². The molecule has 1 atom stereocenters. The number of benzene rings is 1. The molecule has 0 bridgehead atoms. The molecule has 2 aromatic rings. The molecule has 1 aliphatic heterocycles. The number of thiazole rings is 1. The Hall–Kier alpha value is -2.32. The van der Waals surface area contributed by atoms with E-state index in [2.05, 4.69) is 10.3 Å². The van der Waals surface area contributed by atoms with Crippen molar-refractivity contribution in [1.29, 1.82) is 0 Å². The summed E-state index contributed by atoms with van der Waals surface area (Å²) in [6.45, 7) is 1.45. The Balaban J connectivity index is 1.75. The molecule has 7 nitrogen and oxygen atoms in total. The van der Waals surface area contributed by atoms with Crippen molar-refractivity contribution < 1.29 is 9.72 Å². The van der Waals surface area contributed by atoms with Gasteiger partial charge < -0.3 is 10.2 Å². The van der Waals surface area contributed by atoms with Crippen LogP contribution in [0.1, 0.15) is 23.3 Å². The number of nitrogens with one attached hydrogen (secondary N) is 1. The van der Waals surface area contributed by atoms with Crippen LogP contribution in [0, 0.1) is 10.1 Å². The lowest BCUT2D eigenvalue weighted by molar-refractivity contribution is -0.384. The van der Waals surface area contributed by atoms with Crippen LogP contribution < -0.4 is 5.32 Å². The minimum atomic E-state index is -0.435. The molecule has 126 valence electrons. The van der Waals surface area contributed by atoms with Crippen molar-refractivity contribution in [1.82, 2.24) is 15.2 Å². The smallest absolute Gasteiger partial charge is 0.273 e. The molecule has 1 fully saturated rings. The quantitative estimate of drug-likeness (QED) is 0.679. The SMILES string of the molecule is CNC1CCCN(C(=O)c2csc(-c3ccc([N+](=O)[O-])cc3)n2)C1. The summed E-state index contributed by atoms with van der Waals surface area (Å²) in [7, 11) is 1.91. The number of nitro groups is 1. The van der Waals surface area contributed by atoms with Crippen LogP contribution in [0.5, 0.6) is 0 Å². The summed E-state index contributed by atoms with van der Waals surface area (Å²) in [4.78, 5) is 29.1. The van der Waals surface area contributed by atoms with Crippen LogP contribution in [0.2, 0.25) is 0 Å². The topological polar surface area (TPSA) is 88.4 Å². The predicted octanol–water partition coefficient (Wildman–Crippen LogP) is 2.54. The second-order valence-electron chi connectivity index (χ2n) is 5.72. The summed E-state index contributed by atoms with van der Waals surface area (Å²) in [6.07, 6.45) is 2.06. The number of rotatable bonds is 4. The number of likely N-dealkylation sites (N-methyl/N-ethyl adjacent to an activating group) is 1. The largest absolute Gasteiger partial charge is 0.336 e. The van der Waals surface area contributed by atoms with Crippen LogP contribution in [0.15, 0.2) is 29.6 Å². The summed E-state index contributed by atoms with van der Waals surface area (Å²) in [5.74, 6) is -0.0561. The molecule has 1 N–H and O–H groups in total. The van der Waals surface area contributed by atoms with E-state index in [0.717, 1.165) is 24.9 Å². The first kappa shape index (κ1) is 16.5. The van der Waals surface area contributed by atoms with Gasteiger partial charge >= 0.3 is 0 Å². The van der Waals surface area contributed by atoms with Gasteiger partial charge in [-0.25, -0.2) is 4.98 Å². The van der Waals surface area contributed by atoms with Crippen LogP contribution in [0.4, 0.5) is 5.69 Å². The van der Waals surface area contributed by atoms with Crippen LogP contribution in [0.3, 0.4) is 0 Å². The van der Waals surface area contributed by atoms with Crippen molar-refractivity contribution in [2.24, 2.45) is 0 Å². The highest BCUT2D eigenvalue weighted by molar-refractivity contribution is 7.13. The molecule has 2 heterocycles. The first-order valence-electron chi connectivity index (χ1n) is 7.75. The molecule has 1 aromatic heterocycles. The van der Waals surface area contributed by atoms with E-state index in [9.17, 15) is 14.9 Å². The highest BCUT2D eigenvalue weighted by Crippen LogP contribution is 2.26. The Labute approximate surface area is 143 Å². The average molecular weight is 346 g/mol. The first-order chi connectivity index (χ1) is 11.6. The van der Waals surface area contributed by atoms with Gasteiger partial charge in [0.25, 0.3) is 11.6 Å². The van der Waals surface area contributed by atoms with Crippen LogP contribution >= 0.6 is 11.3 Å². The third-order valence-corrected chi connectivity index (χ3v) is 5.06. The number of carbonyl (C=O) groups is 1. The number of amides is 1. The third kappa shape index (κ3) is 3.44. The molecule has 8 heteroatoms. The molecule has 1 unspecified atom stereocenters. The van der Waals surface area contributed by atoms with E-state index in [-0.39, 0.29) is 11.6 Å². The molecule has 1 amide bonds. The molecular formula is C16H18N4O3S. The monoisotopic (exact) mass is 346 g/mol. The molecule has 3 rings (SSSR count). The van der Waals surface area contributed by atoms with Crippen molar-refractivity contribution in [2.45, 2.75) is 18.9 Å². The molecule has 1 aromatic carbocycles. The molecule has 24 heavy (non-hydrogen) atoms. The lowest BCUT2D eigenvalue weighted by Gasteiger charge is -2.32. The van der Waals surface area contributed by atoms with Gasteiger partial charge in [0.2, 0.25) is 0 Å². The molecule has 0 saturated carbocycles. The maximum atomic E-state index is 12.6. The van der Waals surface area contributed by atoms with Gasteiger partial charge in [0.15, 0.2) is 0 Å². The summed E-state index contributed by atoms with van der Waals surface area (Å²) >= 11 is 1.37. The van der Waals surface area contributed by atoms with Gasteiger partial charge in [0.1, 0.15) is 10.7 Å². The molecule has 0 radical (unpaired) electrons. The van der Waals surface area contributed by atoms with E-state index in [4.69, 9.17) is 0 Å². The van der Waals surface area contributed by atoms with E-state index in [1.165, 1.54) is 23.5 Å². The van der Waals surface area contributed by atoms with Crippen molar-refractivity contribution in [3.05, 3.63) is 45.5 Å². The minimum Gasteiger partial charge on any atom is -0.336 e. The molecule has 1 aliphatic rings. The zero-order valence-corrected chi connectivity index (χ0v) is 14.1. The highest BCUT2D eigenvalue weighted by atomic mass is 32.1. The van der Waals surface area contributed by atoms with E-state index < -0.39 is 4.92 Å². The Morgan fingerprint density at radius 1 is 1.42 bits per heavy atom. The number of nitro benzene ring substituents is 1. The van der Waals surface area contributed by atoms with Crippen molar-refractivity contribution >= 4 is 22.9 Å². The fraction of sp³-hybridized carbons (Fsp3) is 0.375. The molecule has 0 spiro atoms. The summed E-state index contributed by atoms with van der Waals surface area (Å²) in [5, 5.41) is 16.4. The number of aromatic nitrogens is 1. The van der Waals surface area contributed by atoms with Gasteiger partial charge in [0, 0.05) is 42.2 Å². The van der Waals surface area contributed by atoms with Crippen molar-refractivity contribution in [2.75, 3.05) is 20.1 Å². The van der Waals surface area contributed by atoms with Gasteiger partial charge in [-0.1, -0.05) is 0 Å². The summed E-state index contributed by atoms with van der Waals surface area (Å²) < 4.78 is 0. The third-order valence-electron chi connectivity index (χ3n) is 4.17. The van der Waals surface area contributed by atoms with Crippen molar-refractivity contribution in [3.8, 4) is 10.6 Å². The molecule has 0 aliphatic carbocycles. The zero-order chi connectivity index (χ0) is 17.1. The Morgan fingerprint density at radius 2 is 2.17 bits per heavy atom. The van der Waals surface area contributed by atoms with Crippen LogP contribution in [0.25, 0.3) is 10.6 Å². The van der Waals surface area contributed by atoms with Gasteiger partial charge in [-0.2, -0.15) is 0 Å². The number of piperidine rings is 1. The maximum absolute atomic E-state index is 12.6. The lowest BCUT2D eigenvalue weighted by Crippen LogP contribution is -2.47. The number of carbonyl (C=O) groups excluding carboxylic acids is 1. The lowest BCUT2D eigenvalue weighted by atomic mass is 10.1. The predicted molar refractivity (Wildman–Crippen MR) is 92.2 cm³/mol. The van der Waals surface area contributed by atoms with Gasteiger partial charge in [-0.3, -0.25) is 14.9 Å². The Kier molecular flexibility index (Phi) is 4.86. The van der Waals surface area contributed by atoms with E-state index in [0.29, 0.717) is 23.3 Å². The van der Waals surface area contributed by atoms with Gasteiger partial charge in [-0.05, 0) is 32.0 Å². The number of hydrogen-bond donors (Lipinski definition) is 1. The van der Waals surface area contributed by atoms with Gasteiger partial charge in [-0.15, -0.1) is 11.3 Å². The van der Waals surface area contributed by atoms with E-state index in [1.54, 1.807) is 17.5 Å². The standard InChI is InChI=1S/C16H18N4O3S/c1-17-12-3-2-8-19(9-12)16(21)14-10-24-15(18-14)11-4-6-13(7-5-11)20(22)23/h4-7,10,12,17H,2-3,8-9H2,1H3. The second kappa shape index (κ2) is 7.06. The number of non-ortho nitro benzene ring substituents is 1. The highest BCUT2D eigenvalue weighted by Gasteiger charge is 2.25. The van der Waals surface area contributed by atoms with Gasteiger partial charge in [0.05, 0.1) is 4.92 Å². The number of hydrogen-bond acceptors (Lipinski definition) is 6. The molecule has 1 saturated heterocycles. The Morgan fingerprint density at radius 3 is 2.83 bits per heavy atom. The normalized spacial score (nSPS) is 17.7. The Bertz CT molecular complexity index is 744. The zero-order valence-electron chi connectivity index (χ0n) is 13.3. The second-order valence-corrected chi connectivity index (χ2v) is 6.58.